The van der Waals surface area contributed by atoms with Crippen molar-refractivity contribution in [3.8, 4) is 0 Å². The van der Waals surface area contributed by atoms with Crippen LogP contribution in [0.4, 0.5) is 5.69 Å². The number of halogens is 1. The minimum Gasteiger partial charge on any atom is -0.378 e. The van der Waals surface area contributed by atoms with Gasteiger partial charge in [0.1, 0.15) is 5.69 Å². The van der Waals surface area contributed by atoms with Crippen molar-refractivity contribution in [3.05, 3.63) is 21.6 Å². The minimum atomic E-state index is -0.0898. The predicted molar refractivity (Wildman–Crippen MR) is 85.0 cm³/mol. The van der Waals surface area contributed by atoms with Crippen molar-refractivity contribution in [1.82, 2.24) is 14.7 Å². The molecule has 1 aromatic heterocycles. The van der Waals surface area contributed by atoms with Gasteiger partial charge in [-0.2, -0.15) is 5.10 Å². The Morgan fingerprint density at radius 1 is 1.29 bits per heavy atom. The van der Waals surface area contributed by atoms with Crippen molar-refractivity contribution >= 4 is 17.3 Å². The Hall–Kier alpha value is -1.07. The zero-order valence-electron chi connectivity index (χ0n) is 12.4. The lowest BCUT2D eigenvalue weighted by atomic mass is 10.1. The van der Waals surface area contributed by atoms with E-state index in [1.165, 1.54) is 32.1 Å². The molecular formula is C15H23ClN4O. The van der Waals surface area contributed by atoms with Crippen LogP contribution in [-0.4, -0.2) is 40.9 Å². The van der Waals surface area contributed by atoms with Gasteiger partial charge in [-0.3, -0.25) is 4.79 Å². The first-order chi connectivity index (χ1) is 10.2. The molecule has 0 unspecified atom stereocenters. The number of likely N-dealkylation sites (tertiary alicyclic amines) is 1. The first kappa shape index (κ1) is 14.9. The topological polar surface area (TPSA) is 50.2 Å². The van der Waals surface area contributed by atoms with E-state index in [0.717, 1.165) is 32.7 Å². The molecule has 0 spiro atoms. The fraction of sp³-hybridized carbons (Fsp3) is 0.733. The summed E-state index contributed by atoms with van der Waals surface area (Å²) in [4.78, 5) is 14.8. The summed E-state index contributed by atoms with van der Waals surface area (Å²) < 4.78 is 1.55. The van der Waals surface area contributed by atoms with Crippen LogP contribution in [0.2, 0.25) is 5.02 Å². The molecule has 0 bridgehead atoms. The van der Waals surface area contributed by atoms with Crippen molar-refractivity contribution in [2.24, 2.45) is 5.92 Å². The van der Waals surface area contributed by atoms with Crippen molar-refractivity contribution in [2.75, 3.05) is 31.5 Å². The standard InChI is InChI=1S/C15H23ClN4O/c16-13-10-18-20(11-12-4-5-12)15(21)14(13)17-6-9-19-7-2-1-3-8-19/h10,12,17H,1-9,11H2. The number of nitrogens with zero attached hydrogens (tertiary/aromatic N) is 3. The molecule has 6 heteroatoms. The van der Waals surface area contributed by atoms with Crippen LogP contribution in [0.5, 0.6) is 0 Å². The zero-order chi connectivity index (χ0) is 14.7. The lowest BCUT2D eigenvalue weighted by Gasteiger charge is -2.26. The molecule has 1 aliphatic carbocycles. The third kappa shape index (κ3) is 3.98. The molecule has 1 N–H and O–H groups in total. The van der Waals surface area contributed by atoms with Crippen LogP contribution in [0.3, 0.4) is 0 Å². The summed E-state index contributed by atoms with van der Waals surface area (Å²) in [7, 11) is 0. The molecule has 5 nitrogen and oxygen atoms in total. The number of aromatic nitrogens is 2. The minimum absolute atomic E-state index is 0.0898. The second-order valence-electron chi connectivity index (χ2n) is 6.13. The molecule has 1 saturated carbocycles. The van der Waals surface area contributed by atoms with E-state index in [1.807, 2.05) is 0 Å². The van der Waals surface area contributed by atoms with Gasteiger partial charge in [0.2, 0.25) is 0 Å². The smallest absolute Gasteiger partial charge is 0.291 e. The van der Waals surface area contributed by atoms with Crippen LogP contribution >= 0.6 is 11.6 Å². The summed E-state index contributed by atoms with van der Waals surface area (Å²) in [5.41, 5.74) is 0.414. The third-order valence-corrected chi connectivity index (χ3v) is 4.59. The maximum atomic E-state index is 12.4. The van der Waals surface area contributed by atoms with Gasteiger partial charge in [0.05, 0.1) is 11.2 Å². The van der Waals surface area contributed by atoms with Crippen molar-refractivity contribution < 1.29 is 0 Å². The molecule has 2 aliphatic rings. The fourth-order valence-corrected chi connectivity index (χ4v) is 3.02. The first-order valence-corrected chi connectivity index (χ1v) is 8.33. The van der Waals surface area contributed by atoms with E-state index in [0.29, 0.717) is 16.6 Å². The Morgan fingerprint density at radius 3 is 2.76 bits per heavy atom. The quantitative estimate of drug-likeness (QED) is 0.875. The van der Waals surface area contributed by atoms with Crippen LogP contribution in [-0.2, 0) is 6.54 Å². The highest BCUT2D eigenvalue weighted by Gasteiger charge is 2.23. The van der Waals surface area contributed by atoms with Gasteiger partial charge in [0.15, 0.2) is 0 Å². The summed E-state index contributed by atoms with van der Waals surface area (Å²) in [6, 6.07) is 0. The van der Waals surface area contributed by atoms with E-state index in [-0.39, 0.29) is 5.56 Å². The summed E-state index contributed by atoms with van der Waals surface area (Å²) >= 11 is 6.12. The second-order valence-corrected chi connectivity index (χ2v) is 6.53. The van der Waals surface area contributed by atoms with Crippen molar-refractivity contribution in [2.45, 2.75) is 38.6 Å². The summed E-state index contributed by atoms with van der Waals surface area (Å²) in [5.74, 6) is 0.623. The average molecular weight is 311 g/mol. The predicted octanol–water partition coefficient (Wildman–Crippen LogP) is 2.20. The SMILES string of the molecule is O=c1c(NCCN2CCCCC2)c(Cl)cnn1CC1CC1. The third-order valence-electron chi connectivity index (χ3n) is 4.30. The molecule has 21 heavy (non-hydrogen) atoms. The average Bonchev–Trinajstić information content (AvgIpc) is 3.31. The molecule has 0 atom stereocenters. The normalized spacial score (nSPS) is 19.7. The Kier molecular flexibility index (Phi) is 4.80. The second kappa shape index (κ2) is 6.79. The summed E-state index contributed by atoms with van der Waals surface area (Å²) in [6.07, 6.45) is 7.89. The highest BCUT2D eigenvalue weighted by Crippen LogP contribution is 2.30. The highest BCUT2D eigenvalue weighted by molar-refractivity contribution is 6.32. The fourth-order valence-electron chi connectivity index (χ4n) is 2.83. The number of rotatable bonds is 6. The van der Waals surface area contributed by atoms with Crippen LogP contribution < -0.4 is 10.9 Å². The van der Waals surface area contributed by atoms with E-state index >= 15 is 0 Å². The number of anilines is 1. The van der Waals surface area contributed by atoms with Gasteiger partial charge in [-0.05, 0) is 44.7 Å². The largest absolute Gasteiger partial charge is 0.378 e. The molecule has 3 rings (SSSR count). The monoisotopic (exact) mass is 310 g/mol. The number of nitrogens with one attached hydrogen (secondary N) is 1. The van der Waals surface area contributed by atoms with E-state index in [4.69, 9.17) is 11.6 Å². The maximum Gasteiger partial charge on any atom is 0.291 e. The first-order valence-electron chi connectivity index (χ1n) is 7.96. The van der Waals surface area contributed by atoms with Gasteiger partial charge >= 0.3 is 0 Å². The van der Waals surface area contributed by atoms with E-state index in [1.54, 1.807) is 10.9 Å². The van der Waals surface area contributed by atoms with Crippen LogP contribution in [0.15, 0.2) is 11.0 Å². The molecule has 1 aliphatic heterocycles. The Morgan fingerprint density at radius 2 is 2.05 bits per heavy atom. The molecule has 0 radical (unpaired) electrons. The Bertz CT molecular complexity index is 535. The van der Waals surface area contributed by atoms with Gasteiger partial charge in [-0.25, -0.2) is 4.68 Å². The van der Waals surface area contributed by atoms with Crippen LogP contribution in [0, 0.1) is 5.92 Å². The Balaban J connectivity index is 1.59. The van der Waals surface area contributed by atoms with Crippen molar-refractivity contribution in [1.29, 1.82) is 0 Å². The molecule has 116 valence electrons. The lowest BCUT2D eigenvalue weighted by Crippen LogP contribution is -2.35. The zero-order valence-corrected chi connectivity index (χ0v) is 13.1. The van der Waals surface area contributed by atoms with E-state index < -0.39 is 0 Å². The van der Waals surface area contributed by atoms with Gasteiger partial charge in [0, 0.05) is 19.6 Å². The van der Waals surface area contributed by atoms with E-state index in [9.17, 15) is 4.79 Å². The number of hydrogen-bond acceptors (Lipinski definition) is 4. The lowest BCUT2D eigenvalue weighted by molar-refractivity contribution is 0.237. The molecule has 2 fully saturated rings. The van der Waals surface area contributed by atoms with Crippen molar-refractivity contribution in [3.63, 3.8) is 0 Å². The van der Waals surface area contributed by atoms with Crippen LogP contribution in [0.25, 0.3) is 0 Å². The van der Waals surface area contributed by atoms with Gasteiger partial charge in [-0.15, -0.1) is 0 Å². The number of hydrogen-bond donors (Lipinski definition) is 1. The molecule has 1 aromatic rings. The molecular weight excluding hydrogens is 288 g/mol. The number of piperidine rings is 1. The van der Waals surface area contributed by atoms with E-state index in [2.05, 4.69) is 15.3 Å². The van der Waals surface area contributed by atoms with Gasteiger partial charge in [-0.1, -0.05) is 18.0 Å². The molecule has 1 saturated heterocycles. The maximum absolute atomic E-state index is 12.4. The summed E-state index contributed by atoms with van der Waals surface area (Å²) in [5, 5.41) is 7.78. The highest BCUT2D eigenvalue weighted by atomic mass is 35.5. The van der Waals surface area contributed by atoms with Crippen LogP contribution in [0.1, 0.15) is 32.1 Å². The molecule has 0 amide bonds. The summed E-state index contributed by atoms with van der Waals surface area (Å²) in [6.45, 7) is 4.76. The molecule has 0 aromatic carbocycles. The van der Waals surface area contributed by atoms with Gasteiger partial charge < -0.3 is 10.2 Å². The molecule has 2 heterocycles. The Labute approximate surface area is 130 Å². The van der Waals surface area contributed by atoms with Gasteiger partial charge in [0.25, 0.3) is 5.56 Å².